The Morgan fingerprint density at radius 2 is 1.85 bits per heavy atom. The van der Waals surface area contributed by atoms with Gasteiger partial charge >= 0.3 is 0 Å². The van der Waals surface area contributed by atoms with Crippen LogP contribution < -0.4 is 4.74 Å². The van der Waals surface area contributed by atoms with E-state index in [2.05, 4.69) is 55.8 Å². The van der Waals surface area contributed by atoms with Gasteiger partial charge in [0.2, 0.25) is 0 Å². The SMILES string of the molecule is C[CH]Cc1cccc(/C=C\c2ccccc2OCC)c1. The second-order valence-corrected chi connectivity index (χ2v) is 4.66. The largest absolute Gasteiger partial charge is 0.493 e. The average Bonchev–Trinajstić information content (AvgIpc) is 2.47. The molecule has 0 atom stereocenters. The minimum absolute atomic E-state index is 0.687. The van der Waals surface area contributed by atoms with Crippen LogP contribution in [0.25, 0.3) is 12.2 Å². The quantitative estimate of drug-likeness (QED) is 0.666. The van der Waals surface area contributed by atoms with Crippen molar-refractivity contribution in [3.8, 4) is 5.75 Å². The Kier molecular flexibility index (Phi) is 5.43. The molecular weight excluding hydrogens is 244 g/mol. The third-order valence-electron chi connectivity index (χ3n) is 3.07. The van der Waals surface area contributed by atoms with E-state index in [1.54, 1.807) is 0 Å². The van der Waals surface area contributed by atoms with Crippen LogP contribution in [0.15, 0.2) is 48.5 Å². The van der Waals surface area contributed by atoms with Gasteiger partial charge in [0.1, 0.15) is 5.75 Å². The van der Waals surface area contributed by atoms with E-state index in [9.17, 15) is 0 Å². The second-order valence-electron chi connectivity index (χ2n) is 4.66. The van der Waals surface area contributed by atoms with Crippen molar-refractivity contribution in [3.05, 3.63) is 71.6 Å². The number of benzene rings is 2. The summed E-state index contributed by atoms with van der Waals surface area (Å²) in [5.41, 5.74) is 3.67. The Labute approximate surface area is 121 Å². The van der Waals surface area contributed by atoms with E-state index in [4.69, 9.17) is 4.74 Å². The molecule has 0 fully saturated rings. The van der Waals surface area contributed by atoms with Crippen molar-refractivity contribution >= 4 is 12.2 Å². The lowest BCUT2D eigenvalue weighted by atomic mass is 10.1. The van der Waals surface area contributed by atoms with Gasteiger partial charge in [-0.3, -0.25) is 0 Å². The maximum atomic E-state index is 5.63. The summed E-state index contributed by atoms with van der Waals surface area (Å²) in [6.45, 7) is 4.78. The topological polar surface area (TPSA) is 9.23 Å². The lowest BCUT2D eigenvalue weighted by Crippen LogP contribution is -1.93. The van der Waals surface area contributed by atoms with Crippen LogP contribution in [0.2, 0.25) is 0 Å². The molecule has 1 heteroatoms. The summed E-state index contributed by atoms with van der Waals surface area (Å²) in [6.07, 6.45) is 7.43. The van der Waals surface area contributed by atoms with Gasteiger partial charge in [0.25, 0.3) is 0 Å². The van der Waals surface area contributed by atoms with Crippen LogP contribution in [0.5, 0.6) is 5.75 Å². The minimum atomic E-state index is 0.687. The molecular formula is C19H21O. The molecule has 2 rings (SSSR count). The first-order valence-electron chi connectivity index (χ1n) is 7.10. The molecule has 0 amide bonds. The van der Waals surface area contributed by atoms with Crippen LogP contribution in [0.1, 0.15) is 30.5 Å². The summed E-state index contributed by atoms with van der Waals surface area (Å²) in [7, 11) is 0. The van der Waals surface area contributed by atoms with E-state index >= 15 is 0 Å². The van der Waals surface area contributed by atoms with Crippen LogP contribution in [-0.2, 0) is 6.42 Å². The first-order valence-corrected chi connectivity index (χ1v) is 7.10. The summed E-state index contributed by atoms with van der Waals surface area (Å²) in [6, 6.07) is 16.7. The smallest absolute Gasteiger partial charge is 0.126 e. The van der Waals surface area contributed by atoms with Gasteiger partial charge in [-0.1, -0.05) is 61.5 Å². The summed E-state index contributed by atoms with van der Waals surface area (Å²) >= 11 is 0. The van der Waals surface area contributed by atoms with Crippen LogP contribution in [0, 0.1) is 6.42 Å². The maximum Gasteiger partial charge on any atom is 0.126 e. The molecule has 0 heterocycles. The van der Waals surface area contributed by atoms with Gasteiger partial charge in [-0.15, -0.1) is 0 Å². The van der Waals surface area contributed by atoms with Gasteiger partial charge in [0.15, 0.2) is 0 Å². The second kappa shape index (κ2) is 7.54. The fourth-order valence-corrected chi connectivity index (χ4v) is 2.15. The third-order valence-corrected chi connectivity index (χ3v) is 3.07. The highest BCUT2D eigenvalue weighted by atomic mass is 16.5. The van der Waals surface area contributed by atoms with Crippen molar-refractivity contribution in [2.75, 3.05) is 6.61 Å². The van der Waals surface area contributed by atoms with Crippen molar-refractivity contribution in [3.63, 3.8) is 0 Å². The number of para-hydroxylation sites is 1. The Morgan fingerprint density at radius 1 is 1.00 bits per heavy atom. The van der Waals surface area contributed by atoms with Gasteiger partial charge < -0.3 is 4.74 Å². The Balaban J connectivity index is 2.18. The van der Waals surface area contributed by atoms with Gasteiger partial charge in [-0.05, 0) is 37.0 Å². The molecule has 20 heavy (non-hydrogen) atoms. The molecule has 2 aromatic rings. The standard InChI is InChI=1S/C19H21O/c1-3-8-16-9-7-10-17(15-16)13-14-18-11-5-6-12-19(18)20-4-2/h3,5-7,9-15H,4,8H2,1-2H3/b14-13-. The fourth-order valence-electron chi connectivity index (χ4n) is 2.15. The van der Waals surface area contributed by atoms with Crippen molar-refractivity contribution in [2.24, 2.45) is 0 Å². The van der Waals surface area contributed by atoms with Crippen LogP contribution >= 0.6 is 0 Å². The zero-order chi connectivity index (χ0) is 14.2. The van der Waals surface area contributed by atoms with Gasteiger partial charge in [-0.25, -0.2) is 0 Å². The highest BCUT2D eigenvalue weighted by Crippen LogP contribution is 2.21. The van der Waals surface area contributed by atoms with Crippen LogP contribution in [-0.4, -0.2) is 6.61 Å². The molecule has 1 nitrogen and oxygen atoms in total. The molecule has 0 N–H and O–H groups in total. The van der Waals surface area contributed by atoms with Gasteiger partial charge in [-0.2, -0.15) is 0 Å². The van der Waals surface area contributed by atoms with Gasteiger partial charge in [0, 0.05) is 5.56 Å². The molecule has 0 saturated carbocycles. The number of rotatable bonds is 6. The lowest BCUT2D eigenvalue weighted by Gasteiger charge is -2.06. The summed E-state index contributed by atoms with van der Waals surface area (Å²) < 4.78 is 5.63. The first-order chi connectivity index (χ1) is 9.83. The third kappa shape index (κ3) is 3.99. The molecule has 0 aliphatic heterocycles. The zero-order valence-corrected chi connectivity index (χ0v) is 12.2. The molecule has 0 aromatic heterocycles. The Hall–Kier alpha value is -2.02. The Morgan fingerprint density at radius 3 is 2.65 bits per heavy atom. The number of hydrogen-bond donors (Lipinski definition) is 0. The fraction of sp³-hybridized carbons (Fsp3) is 0.211. The van der Waals surface area contributed by atoms with E-state index in [1.165, 1.54) is 11.1 Å². The van der Waals surface area contributed by atoms with Crippen molar-refractivity contribution in [1.29, 1.82) is 0 Å². The van der Waals surface area contributed by atoms with E-state index in [1.807, 2.05) is 25.1 Å². The average molecular weight is 265 g/mol. The molecule has 0 saturated heterocycles. The minimum Gasteiger partial charge on any atom is -0.493 e. The number of hydrogen-bond acceptors (Lipinski definition) is 1. The summed E-state index contributed by atoms with van der Waals surface area (Å²) in [4.78, 5) is 0. The normalized spacial score (nSPS) is 10.9. The molecule has 0 unspecified atom stereocenters. The predicted molar refractivity (Wildman–Crippen MR) is 86.7 cm³/mol. The molecule has 1 radical (unpaired) electrons. The monoisotopic (exact) mass is 265 g/mol. The summed E-state index contributed by atoms with van der Waals surface area (Å²) in [5.74, 6) is 0.935. The van der Waals surface area contributed by atoms with Crippen LogP contribution in [0.4, 0.5) is 0 Å². The molecule has 103 valence electrons. The van der Waals surface area contributed by atoms with E-state index in [0.717, 1.165) is 17.7 Å². The van der Waals surface area contributed by atoms with E-state index in [0.29, 0.717) is 6.61 Å². The first kappa shape index (κ1) is 14.4. The van der Waals surface area contributed by atoms with Gasteiger partial charge in [0.05, 0.1) is 6.61 Å². The lowest BCUT2D eigenvalue weighted by molar-refractivity contribution is 0.339. The van der Waals surface area contributed by atoms with Crippen molar-refractivity contribution in [1.82, 2.24) is 0 Å². The highest BCUT2D eigenvalue weighted by Gasteiger charge is 1.98. The predicted octanol–water partition coefficient (Wildman–Crippen LogP) is 5.02. The molecule has 0 bridgehead atoms. The highest BCUT2D eigenvalue weighted by molar-refractivity contribution is 5.72. The Bertz CT molecular complexity index is 569. The summed E-state index contributed by atoms with van der Waals surface area (Å²) in [5, 5.41) is 0. The molecule has 0 aliphatic carbocycles. The molecule has 0 aliphatic rings. The van der Waals surface area contributed by atoms with Crippen molar-refractivity contribution in [2.45, 2.75) is 20.3 Å². The van der Waals surface area contributed by atoms with E-state index < -0.39 is 0 Å². The van der Waals surface area contributed by atoms with Crippen LogP contribution in [0.3, 0.4) is 0 Å². The van der Waals surface area contributed by atoms with E-state index in [-0.39, 0.29) is 0 Å². The zero-order valence-electron chi connectivity index (χ0n) is 12.2. The number of ether oxygens (including phenoxy) is 1. The molecule has 0 spiro atoms. The van der Waals surface area contributed by atoms with Crippen molar-refractivity contribution < 1.29 is 4.74 Å². The maximum absolute atomic E-state index is 5.63. The molecule has 2 aromatic carbocycles.